The zero-order chi connectivity index (χ0) is 17.3. The molecule has 2 aromatic rings. The molecule has 0 spiro atoms. The van der Waals surface area contributed by atoms with Crippen LogP contribution in [0.3, 0.4) is 0 Å². The van der Waals surface area contributed by atoms with Crippen LogP contribution in [0.1, 0.15) is 15.2 Å². The summed E-state index contributed by atoms with van der Waals surface area (Å²) in [6.45, 7) is 3.59. The van der Waals surface area contributed by atoms with Crippen molar-refractivity contribution in [3.63, 3.8) is 0 Å². The lowest BCUT2D eigenvalue weighted by atomic mass is 10.2. The fourth-order valence-corrected chi connectivity index (χ4v) is 5.24. The number of hydrogen-bond acceptors (Lipinski definition) is 6. The Hall–Kier alpha value is -0.970. The van der Waals surface area contributed by atoms with Gasteiger partial charge in [-0.2, -0.15) is 0 Å². The van der Waals surface area contributed by atoms with E-state index in [-0.39, 0.29) is 10.1 Å². The second kappa shape index (κ2) is 7.11. The maximum absolute atomic E-state index is 12.5. The number of nitrogens with two attached hydrogens (primary N) is 1. The second-order valence-corrected chi connectivity index (χ2v) is 9.97. The quantitative estimate of drug-likeness (QED) is 0.843. The van der Waals surface area contributed by atoms with Gasteiger partial charge in [0.2, 0.25) is 10.0 Å². The van der Waals surface area contributed by atoms with Crippen molar-refractivity contribution < 1.29 is 13.2 Å². The lowest BCUT2D eigenvalue weighted by Crippen LogP contribution is -2.48. The number of primary sulfonamides is 1. The van der Waals surface area contributed by atoms with Gasteiger partial charge in [-0.05, 0) is 18.2 Å². The van der Waals surface area contributed by atoms with E-state index in [1.54, 1.807) is 21.6 Å². The number of piperazine rings is 1. The molecule has 1 aliphatic heterocycles. The lowest BCUT2D eigenvalue weighted by molar-refractivity contribution is 0.0630. The Kier molecular flexibility index (Phi) is 5.28. The van der Waals surface area contributed by atoms with Gasteiger partial charge in [0.25, 0.3) is 5.91 Å². The standard InChI is InChI=1S/C14H16ClN3O3S3/c15-12-2-1-11(23-12)8-17-3-5-18(6-4-17)14(19)10-7-13(22-9-10)24(16,20)21/h1-2,7,9H,3-6,8H2,(H2,16,20,21). The average Bonchev–Trinajstić information content (AvgIpc) is 3.16. The molecule has 130 valence electrons. The highest BCUT2D eigenvalue weighted by molar-refractivity contribution is 7.91. The lowest BCUT2D eigenvalue weighted by Gasteiger charge is -2.34. The Labute approximate surface area is 153 Å². The third-order valence-corrected chi connectivity index (χ3v) is 7.37. The Morgan fingerprint density at radius 3 is 2.50 bits per heavy atom. The molecule has 10 heteroatoms. The predicted molar refractivity (Wildman–Crippen MR) is 96.2 cm³/mol. The molecule has 1 fully saturated rings. The first-order valence-corrected chi connectivity index (χ1v) is 10.8. The van der Waals surface area contributed by atoms with Crippen molar-refractivity contribution in [2.45, 2.75) is 10.8 Å². The van der Waals surface area contributed by atoms with Crippen molar-refractivity contribution in [1.29, 1.82) is 0 Å². The maximum Gasteiger partial charge on any atom is 0.254 e. The Morgan fingerprint density at radius 2 is 1.96 bits per heavy atom. The fraction of sp³-hybridized carbons (Fsp3) is 0.357. The SMILES string of the molecule is NS(=O)(=O)c1cc(C(=O)N2CCN(Cc3ccc(Cl)s3)CC2)cs1. The van der Waals surface area contributed by atoms with E-state index in [0.717, 1.165) is 35.3 Å². The molecule has 3 heterocycles. The third kappa shape index (κ3) is 4.16. The highest BCUT2D eigenvalue weighted by atomic mass is 35.5. The highest BCUT2D eigenvalue weighted by Gasteiger charge is 2.24. The van der Waals surface area contributed by atoms with Crippen LogP contribution in [-0.4, -0.2) is 50.3 Å². The van der Waals surface area contributed by atoms with E-state index >= 15 is 0 Å². The molecule has 2 N–H and O–H groups in total. The molecule has 1 saturated heterocycles. The predicted octanol–water partition coefficient (Wildman–Crippen LogP) is 2.07. The van der Waals surface area contributed by atoms with Crippen molar-refractivity contribution in [2.75, 3.05) is 26.2 Å². The van der Waals surface area contributed by atoms with Gasteiger partial charge in [-0.3, -0.25) is 9.69 Å². The number of amides is 1. The smallest absolute Gasteiger partial charge is 0.254 e. The largest absolute Gasteiger partial charge is 0.336 e. The van der Waals surface area contributed by atoms with Crippen molar-refractivity contribution >= 4 is 50.2 Å². The van der Waals surface area contributed by atoms with Crippen LogP contribution in [-0.2, 0) is 16.6 Å². The summed E-state index contributed by atoms with van der Waals surface area (Å²) in [5, 5.41) is 6.63. The summed E-state index contributed by atoms with van der Waals surface area (Å²) in [5.74, 6) is -0.153. The first-order valence-electron chi connectivity index (χ1n) is 7.20. The summed E-state index contributed by atoms with van der Waals surface area (Å²) in [5.41, 5.74) is 0.377. The van der Waals surface area contributed by atoms with E-state index < -0.39 is 10.0 Å². The van der Waals surface area contributed by atoms with E-state index in [0.29, 0.717) is 18.7 Å². The van der Waals surface area contributed by atoms with Gasteiger partial charge < -0.3 is 4.90 Å². The average molecular weight is 406 g/mol. The van der Waals surface area contributed by atoms with Crippen LogP contribution in [0.2, 0.25) is 4.34 Å². The normalized spacial score (nSPS) is 16.5. The molecular formula is C14H16ClN3O3S3. The number of halogens is 1. The van der Waals surface area contributed by atoms with Crippen LogP contribution in [0, 0.1) is 0 Å². The molecule has 0 radical (unpaired) electrons. The molecule has 0 unspecified atom stereocenters. The molecule has 0 bridgehead atoms. The molecule has 24 heavy (non-hydrogen) atoms. The minimum absolute atomic E-state index is 0.0130. The van der Waals surface area contributed by atoms with Crippen molar-refractivity contribution in [2.24, 2.45) is 5.14 Å². The molecule has 0 atom stereocenters. The Bertz CT molecular complexity index is 838. The van der Waals surface area contributed by atoms with Gasteiger partial charge in [0.05, 0.1) is 9.90 Å². The summed E-state index contributed by atoms with van der Waals surface area (Å²) in [6.07, 6.45) is 0. The first-order chi connectivity index (χ1) is 11.3. The summed E-state index contributed by atoms with van der Waals surface area (Å²) < 4.78 is 23.4. The Balaban J connectivity index is 1.58. The van der Waals surface area contributed by atoms with E-state index in [4.69, 9.17) is 16.7 Å². The minimum Gasteiger partial charge on any atom is -0.336 e. The molecule has 0 aromatic carbocycles. The monoisotopic (exact) mass is 405 g/mol. The zero-order valence-electron chi connectivity index (χ0n) is 12.6. The van der Waals surface area contributed by atoms with Gasteiger partial charge in [0, 0.05) is 43.0 Å². The van der Waals surface area contributed by atoms with Gasteiger partial charge in [-0.1, -0.05) is 11.6 Å². The van der Waals surface area contributed by atoms with E-state index in [1.807, 2.05) is 12.1 Å². The number of nitrogens with zero attached hydrogens (tertiary/aromatic N) is 2. The van der Waals surface area contributed by atoms with Crippen LogP contribution >= 0.6 is 34.3 Å². The van der Waals surface area contributed by atoms with Crippen molar-refractivity contribution in [1.82, 2.24) is 9.80 Å². The first kappa shape index (κ1) is 17.8. The summed E-state index contributed by atoms with van der Waals surface area (Å²) >= 11 is 8.48. The molecule has 6 nitrogen and oxygen atoms in total. The van der Waals surface area contributed by atoms with Gasteiger partial charge in [0.15, 0.2) is 0 Å². The summed E-state index contributed by atoms with van der Waals surface area (Å²) in [7, 11) is -3.76. The summed E-state index contributed by atoms with van der Waals surface area (Å²) in [4.78, 5) is 17.7. The second-order valence-electron chi connectivity index (χ2n) is 5.47. The molecule has 2 aromatic heterocycles. The number of carbonyl (C=O) groups is 1. The molecule has 1 aliphatic rings. The summed E-state index contributed by atoms with van der Waals surface area (Å²) in [6, 6.07) is 5.26. The topological polar surface area (TPSA) is 83.7 Å². The van der Waals surface area contributed by atoms with Crippen molar-refractivity contribution in [3.05, 3.63) is 38.4 Å². The number of carbonyl (C=O) groups excluding carboxylic acids is 1. The maximum atomic E-state index is 12.5. The highest BCUT2D eigenvalue weighted by Crippen LogP contribution is 2.24. The fourth-order valence-electron chi connectivity index (χ4n) is 2.53. The van der Waals surface area contributed by atoms with Crippen LogP contribution in [0.5, 0.6) is 0 Å². The van der Waals surface area contributed by atoms with Gasteiger partial charge >= 0.3 is 0 Å². The van der Waals surface area contributed by atoms with E-state index in [9.17, 15) is 13.2 Å². The van der Waals surface area contributed by atoms with Crippen LogP contribution in [0.25, 0.3) is 0 Å². The molecule has 3 rings (SSSR count). The molecule has 0 aliphatic carbocycles. The van der Waals surface area contributed by atoms with E-state index in [1.165, 1.54) is 10.9 Å². The zero-order valence-corrected chi connectivity index (χ0v) is 15.8. The number of rotatable bonds is 4. The van der Waals surface area contributed by atoms with Crippen LogP contribution in [0.15, 0.2) is 27.8 Å². The van der Waals surface area contributed by atoms with Gasteiger partial charge in [-0.15, -0.1) is 22.7 Å². The number of thiophene rings is 2. The third-order valence-electron chi connectivity index (χ3n) is 3.77. The minimum atomic E-state index is -3.76. The number of sulfonamides is 1. The van der Waals surface area contributed by atoms with Crippen LogP contribution in [0.4, 0.5) is 0 Å². The van der Waals surface area contributed by atoms with Crippen LogP contribution < -0.4 is 5.14 Å². The van der Waals surface area contributed by atoms with Crippen molar-refractivity contribution in [3.8, 4) is 0 Å². The number of hydrogen-bond donors (Lipinski definition) is 1. The molecule has 0 saturated carbocycles. The molecule has 1 amide bonds. The molecular weight excluding hydrogens is 390 g/mol. The van der Waals surface area contributed by atoms with Gasteiger partial charge in [0.1, 0.15) is 4.21 Å². The Morgan fingerprint density at radius 1 is 1.25 bits per heavy atom. The van der Waals surface area contributed by atoms with E-state index in [2.05, 4.69) is 4.90 Å². The van der Waals surface area contributed by atoms with Gasteiger partial charge in [-0.25, -0.2) is 13.6 Å².